The molecule has 20 heavy (non-hydrogen) atoms. The number of piperidine rings is 1. The molecule has 5 heteroatoms. The number of imide groups is 1. The summed E-state index contributed by atoms with van der Waals surface area (Å²) in [4.78, 5) is 26.8. The third kappa shape index (κ3) is 2.73. The first kappa shape index (κ1) is 15.4. The van der Waals surface area contributed by atoms with Crippen LogP contribution in [0.2, 0.25) is 0 Å². The van der Waals surface area contributed by atoms with Gasteiger partial charge in [0.15, 0.2) is 0 Å². The quantitative estimate of drug-likeness (QED) is 0.483. The number of hydrogen-bond acceptors (Lipinski definition) is 3. The number of rotatable bonds is 2. The number of nitrogens with two attached hydrogens (primary N) is 1. The van der Waals surface area contributed by atoms with Crippen molar-refractivity contribution in [2.75, 3.05) is 0 Å². The van der Waals surface area contributed by atoms with E-state index in [1.165, 1.54) is 4.90 Å². The first-order valence-electron chi connectivity index (χ1n) is 7.44. The summed E-state index contributed by atoms with van der Waals surface area (Å²) >= 11 is 5.26. The Morgan fingerprint density at radius 1 is 1.05 bits per heavy atom. The molecule has 2 rings (SSSR count). The van der Waals surface area contributed by atoms with Gasteiger partial charge in [-0.1, -0.05) is 51.7 Å². The molecule has 2 N–H and O–H groups in total. The van der Waals surface area contributed by atoms with Crippen molar-refractivity contribution in [2.24, 2.45) is 11.1 Å². The van der Waals surface area contributed by atoms with Crippen molar-refractivity contribution in [1.82, 2.24) is 4.90 Å². The maximum absolute atomic E-state index is 12.5. The molecule has 0 aromatic carbocycles. The highest BCUT2D eigenvalue weighted by Crippen LogP contribution is 2.40. The van der Waals surface area contributed by atoms with Gasteiger partial charge in [0, 0.05) is 12.8 Å². The fourth-order valence-electron chi connectivity index (χ4n) is 3.55. The van der Waals surface area contributed by atoms with E-state index in [1.54, 1.807) is 0 Å². The van der Waals surface area contributed by atoms with Gasteiger partial charge in [0.2, 0.25) is 11.8 Å². The number of nitrogens with zero attached hydrogens (tertiary/aromatic N) is 1. The molecule has 4 nitrogen and oxygen atoms in total. The van der Waals surface area contributed by atoms with E-state index in [0.29, 0.717) is 17.8 Å². The van der Waals surface area contributed by atoms with Crippen LogP contribution in [0.1, 0.15) is 65.2 Å². The zero-order chi connectivity index (χ0) is 15.0. The lowest BCUT2D eigenvalue weighted by Crippen LogP contribution is -2.63. The fraction of sp³-hybridized carbons (Fsp3) is 0.800. The molecule has 0 aromatic heterocycles. The molecular formula is C15H24N2O2S. The monoisotopic (exact) mass is 296 g/mol. The van der Waals surface area contributed by atoms with E-state index >= 15 is 0 Å². The van der Waals surface area contributed by atoms with E-state index in [1.807, 2.05) is 13.8 Å². The van der Waals surface area contributed by atoms with E-state index < -0.39 is 5.54 Å². The molecule has 0 unspecified atom stereocenters. The Balaban J connectivity index is 2.36. The molecule has 1 heterocycles. The molecule has 0 bridgehead atoms. The molecule has 1 saturated heterocycles. The van der Waals surface area contributed by atoms with E-state index in [0.717, 1.165) is 38.5 Å². The predicted octanol–water partition coefficient (Wildman–Crippen LogP) is 2.54. The highest BCUT2D eigenvalue weighted by atomic mass is 32.1. The normalized spacial score (nSPS) is 26.2. The molecule has 112 valence electrons. The van der Waals surface area contributed by atoms with Gasteiger partial charge < -0.3 is 5.73 Å². The Labute approximate surface area is 126 Å². The van der Waals surface area contributed by atoms with Crippen LogP contribution < -0.4 is 5.73 Å². The van der Waals surface area contributed by atoms with Gasteiger partial charge in [-0.15, -0.1) is 0 Å². The van der Waals surface area contributed by atoms with Crippen LogP contribution in [0.4, 0.5) is 0 Å². The van der Waals surface area contributed by atoms with Crippen LogP contribution in [-0.4, -0.2) is 27.2 Å². The van der Waals surface area contributed by atoms with E-state index in [-0.39, 0.29) is 17.2 Å². The van der Waals surface area contributed by atoms with Gasteiger partial charge in [0.1, 0.15) is 5.54 Å². The standard InChI is InChI=1S/C15H24N2O2S/c1-14(2)9-11(18)17(12(19)10-14)15(13(16)20)7-5-3-4-6-8-15/h3-10H2,1-2H3,(H2,16,20). The third-order valence-corrected chi connectivity index (χ3v) is 4.96. The van der Waals surface area contributed by atoms with Crippen molar-refractivity contribution < 1.29 is 9.59 Å². The second kappa shape index (κ2) is 5.43. The molecule has 1 aliphatic carbocycles. The maximum atomic E-state index is 12.5. The van der Waals surface area contributed by atoms with E-state index in [9.17, 15) is 9.59 Å². The molecule has 2 aliphatic rings. The number of thiocarbonyl (C=S) groups is 1. The van der Waals surface area contributed by atoms with Crippen molar-refractivity contribution in [3.63, 3.8) is 0 Å². The lowest BCUT2D eigenvalue weighted by molar-refractivity contribution is -0.158. The fourth-order valence-corrected chi connectivity index (χ4v) is 3.84. The number of carbonyl (C=O) groups is 2. The van der Waals surface area contributed by atoms with Crippen LogP contribution in [0.3, 0.4) is 0 Å². The summed E-state index contributed by atoms with van der Waals surface area (Å²) in [6.45, 7) is 3.92. The summed E-state index contributed by atoms with van der Waals surface area (Å²) in [7, 11) is 0. The third-order valence-electron chi connectivity index (χ3n) is 4.58. The van der Waals surface area contributed by atoms with Gasteiger partial charge in [0.05, 0.1) is 4.99 Å². The Morgan fingerprint density at radius 3 is 1.90 bits per heavy atom. The molecule has 0 radical (unpaired) electrons. The molecule has 2 amide bonds. The average Bonchev–Trinajstić information content (AvgIpc) is 2.52. The van der Waals surface area contributed by atoms with Crippen LogP contribution in [0.25, 0.3) is 0 Å². The second-order valence-electron chi connectivity index (χ2n) is 6.95. The van der Waals surface area contributed by atoms with Gasteiger partial charge in [-0.2, -0.15) is 0 Å². The topological polar surface area (TPSA) is 63.4 Å². The predicted molar refractivity (Wildman–Crippen MR) is 82.1 cm³/mol. The Kier molecular flexibility index (Phi) is 4.19. The minimum Gasteiger partial charge on any atom is -0.391 e. The van der Waals surface area contributed by atoms with Crippen LogP contribution >= 0.6 is 12.2 Å². The average molecular weight is 296 g/mol. The summed E-state index contributed by atoms with van der Waals surface area (Å²) in [5.41, 5.74) is 5.01. The Hall–Kier alpha value is -0.970. The summed E-state index contributed by atoms with van der Waals surface area (Å²) in [6.07, 6.45) is 6.40. The van der Waals surface area contributed by atoms with Crippen LogP contribution in [-0.2, 0) is 9.59 Å². The molecular weight excluding hydrogens is 272 g/mol. The van der Waals surface area contributed by atoms with Crippen LogP contribution in [0.15, 0.2) is 0 Å². The first-order chi connectivity index (χ1) is 9.28. The molecule has 0 atom stereocenters. The van der Waals surface area contributed by atoms with E-state index in [2.05, 4.69) is 0 Å². The first-order valence-corrected chi connectivity index (χ1v) is 7.85. The molecule has 0 aromatic rings. The van der Waals surface area contributed by atoms with Gasteiger partial charge in [-0.3, -0.25) is 14.5 Å². The second-order valence-corrected chi connectivity index (χ2v) is 7.39. The molecule has 2 fully saturated rings. The zero-order valence-electron chi connectivity index (χ0n) is 12.4. The molecule has 1 aliphatic heterocycles. The van der Waals surface area contributed by atoms with Crippen molar-refractivity contribution >= 4 is 29.0 Å². The van der Waals surface area contributed by atoms with Gasteiger partial charge in [0.25, 0.3) is 0 Å². The summed E-state index contributed by atoms with van der Waals surface area (Å²) in [6, 6.07) is 0. The molecule has 1 saturated carbocycles. The number of amides is 2. The largest absolute Gasteiger partial charge is 0.391 e. The van der Waals surface area contributed by atoms with Crippen molar-refractivity contribution in [3.8, 4) is 0 Å². The van der Waals surface area contributed by atoms with Gasteiger partial charge in [-0.05, 0) is 18.3 Å². The smallest absolute Gasteiger partial charge is 0.230 e. The van der Waals surface area contributed by atoms with Gasteiger partial charge >= 0.3 is 0 Å². The minimum atomic E-state index is -0.712. The summed E-state index contributed by atoms with van der Waals surface area (Å²) in [5.74, 6) is -0.220. The Morgan fingerprint density at radius 2 is 1.50 bits per heavy atom. The van der Waals surface area contributed by atoms with Crippen LogP contribution in [0, 0.1) is 5.41 Å². The highest BCUT2D eigenvalue weighted by Gasteiger charge is 2.50. The van der Waals surface area contributed by atoms with Crippen molar-refractivity contribution in [3.05, 3.63) is 0 Å². The van der Waals surface area contributed by atoms with Crippen LogP contribution in [0.5, 0.6) is 0 Å². The minimum absolute atomic E-state index is 0.110. The van der Waals surface area contributed by atoms with Gasteiger partial charge in [-0.25, -0.2) is 0 Å². The highest BCUT2D eigenvalue weighted by molar-refractivity contribution is 7.80. The number of hydrogen-bond donors (Lipinski definition) is 1. The number of likely N-dealkylation sites (tertiary alicyclic amines) is 1. The lowest BCUT2D eigenvalue weighted by atomic mass is 9.78. The zero-order valence-corrected chi connectivity index (χ0v) is 13.2. The molecule has 0 spiro atoms. The maximum Gasteiger partial charge on any atom is 0.230 e. The van der Waals surface area contributed by atoms with Crippen molar-refractivity contribution in [2.45, 2.75) is 70.8 Å². The summed E-state index contributed by atoms with van der Waals surface area (Å²) in [5, 5.41) is 0. The SMILES string of the molecule is CC1(C)CC(=O)N(C2(C(N)=S)CCCCCC2)C(=O)C1. The number of carbonyl (C=O) groups excluding carboxylic acids is 2. The van der Waals surface area contributed by atoms with E-state index in [4.69, 9.17) is 18.0 Å². The Bertz CT molecular complexity index is 417. The summed E-state index contributed by atoms with van der Waals surface area (Å²) < 4.78 is 0. The van der Waals surface area contributed by atoms with Crippen molar-refractivity contribution in [1.29, 1.82) is 0 Å². The lowest BCUT2D eigenvalue weighted by Gasteiger charge is -2.46.